The molecule has 3 aromatic rings. The molecule has 2 nitrogen and oxygen atoms in total. The number of aryl methyl sites for hydroxylation is 3. The van der Waals surface area contributed by atoms with E-state index in [0.29, 0.717) is 6.04 Å². The topological polar surface area (TPSA) is 6.48 Å². The number of fused-ring (bicyclic) bond motifs is 1. The van der Waals surface area contributed by atoms with Crippen molar-refractivity contribution in [3.63, 3.8) is 0 Å². The van der Waals surface area contributed by atoms with Crippen molar-refractivity contribution < 1.29 is 13.5 Å². The number of hydrogen-bond donors (Lipinski definition) is 0. The SMILES string of the molecule is C1CCC([PH+](C2CCCCC2)C2CCCCC2)CC1.Cc1cc(C)c(N2C=CN(C3CCCC3)[CH-]2)c(C)c1.[Cl][Ru]([Cl])=[C]1C=C(c2ccccc2)c2ccccc21. The fourth-order valence-electron chi connectivity index (χ4n) is 11.0. The molecule has 0 atom stereocenters. The molecule has 0 aromatic heterocycles. The first-order valence-electron chi connectivity index (χ1n) is 22.1. The fraction of sp³-hybridized carbons (Fsp3) is 0.520. The van der Waals surface area contributed by atoms with Crippen molar-refractivity contribution in [1.29, 1.82) is 0 Å². The van der Waals surface area contributed by atoms with Gasteiger partial charge in [0.2, 0.25) is 0 Å². The average Bonchev–Trinajstić information content (AvgIpc) is 4.01. The maximum absolute atomic E-state index is 6.19. The Morgan fingerprint density at radius 1 is 0.589 bits per heavy atom. The fourth-order valence-corrected chi connectivity index (χ4v) is 18.7. The van der Waals surface area contributed by atoms with E-state index in [9.17, 15) is 0 Å². The van der Waals surface area contributed by atoms with E-state index in [1.165, 1.54) is 87.3 Å². The first kappa shape index (κ1) is 42.4. The average molecular weight is 899 g/mol. The van der Waals surface area contributed by atoms with Crippen molar-refractivity contribution in [1.82, 2.24) is 4.90 Å². The van der Waals surface area contributed by atoms with Crippen LogP contribution in [0.25, 0.3) is 5.57 Å². The third-order valence-electron chi connectivity index (χ3n) is 13.5. The Balaban J connectivity index is 0.000000129. The predicted octanol–water partition coefficient (Wildman–Crippen LogP) is 15.0. The minimum absolute atomic E-state index is 0.0465. The molecule has 4 saturated carbocycles. The molecule has 0 spiro atoms. The Morgan fingerprint density at radius 2 is 1.07 bits per heavy atom. The third kappa shape index (κ3) is 10.7. The number of anilines is 1. The first-order chi connectivity index (χ1) is 27.4. The van der Waals surface area contributed by atoms with Crippen LogP contribution >= 0.6 is 27.3 Å². The van der Waals surface area contributed by atoms with Crippen LogP contribution in [0.15, 0.2) is 85.2 Å². The van der Waals surface area contributed by atoms with Crippen LogP contribution in [-0.4, -0.2) is 32.0 Å². The van der Waals surface area contributed by atoms with Gasteiger partial charge in [-0.05, 0) is 134 Å². The summed E-state index contributed by atoms with van der Waals surface area (Å²) in [4.78, 5) is 4.67. The van der Waals surface area contributed by atoms with E-state index in [4.69, 9.17) is 19.4 Å². The Morgan fingerprint density at radius 3 is 1.59 bits per heavy atom. The molecular formula is C50H67Cl2N2PRu. The summed E-state index contributed by atoms with van der Waals surface area (Å²) in [7, 11) is 12.3. The summed E-state index contributed by atoms with van der Waals surface area (Å²) >= 11 is -1.88. The van der Waals surface area contributed by atoms with E-state index in [0.717, 1.165) is 4.11 Å². The van der Waals surface area contributed by atoms with Crippen molar-refractivity contribution in [2.24, 2.45) is 0 Å². The summed E-state index contributed by atoms with van der Waals surface area (Å²) in [6.45, 7) is 8.84. The predicted molar refractivity (Wildman–Crippen MR) is 245 cm³/mol. The Bertz CT molecular complexity index is 1740. The van der Waals surface area contributed by atoms with Crippen molar-refractivity contribution in [2.45, 2.75) is 166 Å². The molecule has 1 aliphatic heterocycles. The van der Waals surface area contributed by atoms with Crippen LogP contribution < -0.4 is 4.90 Å². The Kier molecular flexibility index (Phi) is 15.9. The summed E-state index contributed by atoms with van der Waals surface area (Å²) in [6.07, 6.45) is 35.8. The van der Waals surface area contributed by atoms with Gasteiger partial charge in [-0.15, -0.1) is 0 Å². The minimum atomic E-state index is -1.88. The van der Waals surface area contributed by atoms with E-state index in [1.54, 1.807) is 96.3 Å². The van der Waals surface area contributed by atoms with Gasteiger partial charge in [-0.1, -0.05) is 49.8 Å². The van der Waals surface area contributed by atoms with Crippen molar-refractivity contribution in [2.75, 3.05) is 4.90 Å². The zero-order chi connectivity index (χ0) is 38.9. The second-order valence-electron chi connectivity index (χ2n) is 17.4. The quantitative estimate of drug-likeness (QED) is 0.138. The number of benzene rings is 3. The molecule has 3 aromatic carbocycles. The number of hydrogen-bond acceptors (Lipinski definition) is 2. The molecule has 4 fully saturated rings. The van der Waals surface area contributed by atoms with Crippen LogP contribution in [0.2, 0.25) is 0 Å². The normalized spacial score (nSPS) is 21.1. The summed E-state index contributed by atoms with van der Waals surface area (Å²) in [6, 6.07) is 23.9. The summed E-state index contributed by atoms with van der Waals surface area (Å²) in [5.74, 6) is 0. The molecule has 9 rings (SSSR count). The molecule has 6 heteroatoms. The van der Waals surface area contributed by atoms with E-state index in [1.807, 2.05) is 24.3 Å². The monoisotopic (exact) mass is 898 g/mol. The van der Waals surface area contributed by atoms with Crippen LogP contribution in [0.1, 0.15) is 155 Å². The zero-order valence-electron chi connectivity index (χ0n) is 34.4. The first-order valence-corrected chi connectivity index (χ1v) is 29.2. The Hall–Kier alpha value is -1.76. The van der Waals surface area contributed by atoms with E-state index in [2.05, 4.69) is 98.2 Å². The van der Waals surface area contributed by atoms with Gasteiger partial charge in [0.25, 0.3) is 0 Å². The van der Waals surface area contributed by atoms with E-state index < -0.39 is 13.5 Å². The van der Waals surface area contributed by atoms with E-state index in [-0.39, 0.29) is 7.92 Å². The van der Waals surface area contributed by atoms with Gasteiger partial charge in [0, 0.05) is 19.7 Å². The van der Waals surface area contributed by atoms with Gasteiger partial charge in [-0.25, -0.2) is 0 Å². The standard InChI is InChI=1S/C18H33P.C17H23N2.C15H10.2ClH.Ru/c1-4-10-16(11-5-1)19(17-12-6-2-7-13-17)18-14-8-3-9-15-18;1-13-10-14(2)17(15(3)11-13)19-9-8-18(12-19)16-6-4-5-7-16;1-2-6-12(7-3-1)15-11-10-13-8-4-5-9-14(13)15;;;/h16-18H,1-15H2;8-12,16H,4-7H2,1-3H3;1-9,11H;2*1H;/q;-1;;;;+2/p-1. The van der Waals surface area contributed by atoms with E-state index >= 15 is 0 Å². The molecule has 0 radical (unpaired) electrons. The second-order valence-corrected chi connectivity index (χ2v) is 26.7. The van der Waals surface area contributed by atoms with Crippen molar-refractivity contribution in [3.8, 4) is 0 Å². The molecule has 5 aliphatic carbocycles. The van der Waals surface area contributed by atoms with Gasteiger partial charge in [-0.2, -0.15) is 6.67 Å². The van der Waals surface area contributed by atoms with Crippen molar-refractivity contribution in [3.05, 3.63) is 125 Å². The van der Waals surface area contributed by atoms with Gasteiger partial charge in [0.1, 0.15) is 0 Å². The van der Waals surface area contributed by atoms with Crippen LogP contribution in [-0.2, 0) is 13.5 Å². The molecule has 0 N–H and O–H groups in total. The van der Waals surface area contributed by atoms with Gasteiger partial charge >= 0.3 is 120 Å². The summed E-state index contributed by atoms with van der Waals surface area (Å²) in [5, 5.41) is 0. The maximum atomic E-state index is 6.19. The summed E-state index contributed by atoms with van der Waals surface area (Å²) < 4.78 is 1.12. The molecule has 56 heavy (non-hydrogen) atoms. The number of halogens is 2. The third-order valence-corrected chi connectivity index (χ3v) is 21.2. The molecule has 0 bridgehead atoms. The van der Waals surface area contributed by atoms with Crippen molar-refractivity contribution >= 4 is 42.7 Å². The number of nitrogens with zero attached hydrogens (tertiary/aromatic N) is 2. The molecule has 304 valence electrons. The molecule has 6 aliphatic rings. The van der Waals surface area contributed by atoms with Crippen LogP contribution in [0.3, 0.4) is 0 Å². The molecule has 1 heterocycles. The van der Waals surface area contributed by atoms with Gasteiger partial charge in [-0.3, -0.25) is 0 Å². The second kappa shape index (κ2) is 21.0. The Labute approximate surface area is 354 Å². The van der Waals surface area contributed by atoms with Crippen LogP contribution in [0, 0.1) is 27.4 Å². The van der Waals surface area contributed by atoms with Gasteiger partial charge in [0.05, 0.1) is 17.0 Å². The summed E-state index contributed by atoms with van der Waals surface area (Å²) in [5.41, 5.74) is 13.9. The van der Waals surface area contributed by atoms with Gasteiger partial charge < -0.3 is 9.80 Å². The molecule has 0 amide bonds. The van der Waals surface area contributed by atoms with Crippen LogP contribution in [0.4, 0.5) is 5.69 Å². The molecular weight excluding hydrogens is 832 g/mol. The zero-order valence-corrected chi connectivity index (χ0v) is 38.7. The number of allylic oxidation sites excluding steroid dienone is 1. The molecule has 0 unspecified atom stereocenters. The number of rotatable bonds is 6. The van der Waals surface area contributed by atoms with Crippen LogP contribution in [0.5, 0.6) is 0 Å². The van der Waals surface area contributed by atoms with Gasteiger partial charge in [0.15, 0.2) is 0 Å². The molecule has 0 saturated heterocycles.